The molecule has 1 N–H and O–H groups in total. The predicted molar refractivity (Wildman–Crippen MR) is 92.9 cm³/mol. The molecule has 1 aromatic carbocycles. The van der Waals surface area contributed by atoms with E-state index in [4.69, 9.17) is 0 Å². The van der Waals surface area contributed by atoms with Crippen LogP contribution in [0.3, 0.4) is 0 Å². The van der Waals surface area contributed by atoms with Gasteiger partial charge in [0.25, 0.3) is 0 Å². The summed E-state index contributed by atoms with van der Waals surface area (Å²) in [5.41, 5.74) is 5.49. The van der Waals surface area contributed by atoms with E-state index in [1.165, 1.54) is 11.1 Å². The highest BCUT2D eigenvalue weighted by Gasteiger charge is 2.05. The van der Waals surface area contributed by atoms with E-state index in [-0.39, 0.29) is 0 Å². The molecule has 2 heterocycles. The van der Waals surface area contributed by atoms with Crippen molar-refractivity contribution in [3.63, 3.8) is 0 Å². The number of rotatable bonds is 6. The van der Waals surface area contributed by atoms with Gasteiger partial charge in [-0.3, -0.25) is 0 Å². The fourth-order valence-corrected chi connectivity index (χ4v) is 2.67. The zero-order valence-electron chi connectivity index (χ0n) is 14.0. The lowest BCUT2D eigenvalue weighted by Gasteiger charge is -2.09. The zero-order valence-corrected chi connectivity index (χ0v) is 14.0. The molecular weight excluding hydrogens is 286 g/mol. The number of aromatic nitrogens is 4. The normalized spacial score (nSPS) is 11.3. The standard InChI is InChI=1S/C18H23N5/c1-13(2)16-8-6-15(7-9-16)5-4-10-19-17-11-14(3)22-23-12-20-21-18(17)23/h6-9,11-13,19H,4-5,10H2,1-3H3. The smallest absolute Gasteiger partial charge is 0.200 e. The first-order valence-electron chi connectivity index (χ1n) is 8.14. The average molecular weight is 309 g/mol. The number of hydrogen-bond acceptors (Lipinski definition) is 4. The number of fused-ring (bicyclic) bond motifs is 1. The van der Waals surface area contributed by atoms with Crippen LogP contribution >= 0.6 is 0 Å². The molecule has 0 bridgehead atoms. The van der Waals surface area contributed by atoms with Crippen LogP contribution in [0, 0.1) is 6.92 Å². The van der Waals surface area contributed by atoms with Crippen molar-refractivity contribution in [3.05, 3.63) is 53.5 Å². The molecule has 3 aromatic rings. The van der Waals surface area contributed by atoms with Gasteiger partial charge >= 0.3 is 0 Å². The second-order valence-corrected chi connectivity index (χ2v) is 6.23. The van der Waals surface area contributed by atoms with Crippen LogP contribution in [0.4, 0.5) is 5.69 Å². The summed E-state index contributed by atoms with van der Waals surface area (Å²) in [4.78, 5) is 0. The molecule has 3 rings (SSSR count). The molecule has 0 atom stereocenters. The molecule has 0 aliphatic carbocycles. The molecule has 0 aliphatic heterocycles. The fourth-order valence-electron chi connectivity index (χ4n) is 2.67. The van der Waals surface area contributed by atoms with Gasteiger partial charge < -0.3 is 5.32 Å². The number of benzene rings is 1. The molecule has 23 heavy (non-hydrogen) atoms. The molecule has 5 heteroatoms. The van der Waals surface area contributed by atoms with Crippen molar-refractivity contribution in [2.45, 2.75) is 39.5 Å². The highest BCUT2D eigenvalue weighted by molar-refractivity contribution is 5.66. The maximum Gasteiger partial charge on any atom is 0.200 e. The van der Waals surface area contributed by atoms with E-state index >= 15 is 0 Å². The Morgan fingerprint density at radius 3 is 2.70 bits per heavy atom. The van der Waals surface area contributed by atoms with Gasteiger partial charge in [0, 0.05) is 6.54 Å². The number of anilines is 1. The van der Waals surface area contributed by atoms with Crippen molar-refractivity contribution in [3.8, 4) is 0 Å². The Balaban J connectivity index is 1.56. The third-order valence-corrected chi connectivity index (χ3v) is 3.99. The number of hydrogen-bond donors (Lipinski definition) is 1. The van der Waals surface area contributed by atoms with Crippen molar-refractivity contribution < 1.29 is 0 Å². The van der Waals surface area contributed by atoms with E-state index in [9.17, 15) is 0 Å². The van der Waals surface area contributed by atoms with Gasteiger partial charge in [-0.1, -0.05) is 38.1 Å². The van der Waals surface area contributed by atoms with Gasteiger partial charge in [-0.05, 0) is 42.9 Å². The monoisotopic (exact) mass is 309 g/mol. The molecule has 0 saturated heterocycles. The van der Waals surface area contributed by atoms with Crippen molar-refractivity contribution in [2.24, 2.45) is 0 Å². The molecule has 0 radical (unpaired) electrons. The van der Waals surface area contributed by atoms with E-state index in [1.807, 2.05) is 13.0 Å². The number of nitrogens with zero attached hydrogens (tertiary/aromatic N) is 4. The van der Waals surface area contributed by atoms with Crippen LogP contribution in [0.25, 0.3) is 5.65 Å². The van der Waals surface area contributed by atoms with E-state index in [0.29, 0.717) is 5.92 Å². The van der Waals surface area contributed by atoms with Crippen LogP contribution in [0.2, 0.25) is 0 Å². The number of aryl methyl sites for hydroxylation is 2. The minimum atomic E-state index is 0.589. The van der Waals surface area contributed by atoms with Gasteiger partial charge in [-0.25, -0.2) is 0 Å². The predicted octanol–water partition coefficient (Wildman–Crippen LogP) is 3.60. The molecule has 0 aliphatic rings. The lowest BCUT2D eigenvalue weighted by Crippen LogP contribution is -2.06. The van der Waals surface area contributed by atoms with Gasteiger partial charge in [0.1, 0.15) is 6.33 Å². The minimum Gasteiger partial charge on any atom is -0.382 e. The van der Waals surface area contributed by atoms with Crippen LogP contribution < -0.4 is 5.32 Å². The highest BCUT2D eigenvalue weighted by Crippen LogP contribution is 2.17. The Morgan fingerprint density at radius 2 is 1.96 bits per heavy atom. The van der Waals surface area contributed by atoms with Gasteiger partial charge in [0.2, 0.25) is 5.65 Å². The first-order chi connectivity index (χ1) is 11.1. The van der Waals surface area contributed by atoms with Crippen LogP contribution in [0.15, 0.2) is 36.7 Å². The minimum absolute atomic E-state index is 0.589. The summed E-state index contributed by atoms with van der Waals surface area (Å²) < 4.78 is 1.71. The summed E-state index contributed by atoms with van der Waals surface area (Å²) in [5, 5.41) is 15.8. The van der Waals surface area contributed by atoms with Gasteiger partial charge in [-0.15, -0.1) is 10.2 Å². The fraction of sp³-hybridized carbons (Fsp3) is 0.389. The van der Waals surface area contributed by atoms with E-state index in [0.717, 1.165) is 36.4 Å². The van der Waals surface area contributed by atoms with Crippen molar-refractivity contribution in [2.75, 3.05) is 11.9 Å². The van der Waals surface area contributed by atoms with Crippen LogP contribution in [-0.2, 0) is 6.42 Å². The summed E-state index contributed by atoms with van der Waals surface area (Å²) in [5.74, 6) is 0.589. The maximum atomic E-state index is 4.35. The highest BCUT2D eigenvalue weighted by atomic mass is 15.3. The summed E-state index contributed by atoms with van der Waals surface area (Å²) in [6, 6.07) is 11.0. The van der Waals surface area contributed by atoms with E-state index in [2.05, 4.69) is 58.7 Å². The third kappa shape index (κ3) is 3.67. The molecule has 0 spiro atoms. The topological polar surface area (TPSA) is 55.1 Å². The van der Waals surface area contributed by atoms with Gasteiger partial charge in [0.05, 0.1) is 11.4 Å². The first-order valence-corrected chi connectivity index (χ1v) is 8.14. The lowest BCUT2D eigenvalue weighted by atomic mass is 10.0. The quantitative estimate of drug-likeness (QED) is 0.707. The summed E-state index contributed by atoms with van der Waals surface area (Å²) in [6.45, 7) is 7.32. The summed E-state index contributed by atoms with van der Waals surface area (Å²) >= 11 is 0. The number of nitrogens with one attached hydrogen (secondary N) is 1. The molecule has 0 fully saturated rings. The Labute approximate surface area is 136 Å². The Morgan fingerprint density at radius 1 is 1.17 bits per heavy atom. The molecule has 0 unspecified atom stereocenters. The SMILES string of the molecule is Cc1cc(NCCCc2ccc(C(C)C)cc2)c2nncn2n1. The largest absolute Gasteiger partial charge is 0.382 e. The Kier molecular flexibility index (Phi) is 4.55. The summed E-state index contributed by atoms with van der Waals surface area (Å²) in [7, 11) is 0. The second-order valence-electron chi connectivity index (χ2n) is 6.23. The van der Waals surface area contributed by atoms with Gasteiger partial charge in [0.15, 0.2) is 0 Å². The Bertz CT molecular complexity index is 774. The van der Waals surface area contributed by atoms with Crippen molar-refractivity contribution in [1.29, 1.82) is 0 Å². The molecule has 0 amide bonds. The molecule has 2 aromatic heterocycles. The van der Waals surface area contributed by atoms with Crippen LogP contribution in [0.5, 0.6) is 0 Å². The summed E-state index contributed by atoms with van der Waals surface area (Å²) in [6.07, 6.45) is 3.77. The molecule has 0 saturated carbocycles. The molecule has 5 nitrogen and oxygen atoms in total. The zero-order chi connectivity index (χ0) is 16.2. The van der Waals surface area contributed by atoms with E-state index in [1.54, 1.807) is 10.8 Å². The first kappa shape index (κ1) is 15.5. The van der Waals surface area contributed by atoms with Crippen LogP contribution in [0.1, 0.15) is 43.0 Å². The molecular formula is C18H23N5. The van der Waals surface area contributed by atoms with Gasteiger partial charge in [-0.2, -0.15) is 9.61 Å². The molecule has 120 valence electrons. The van der Waals surface area contributed by atoms with Crippen molar-refractivity contribution in [1.82, 2.24) is 19.8 Å². The second kappa shape index (κ2) is 6.77. The van der Waals surface area contributed by atoms with E-state index < -0.39 is 0 Å². The maximum absolute atomic E-state index is 4.35. The van der Waals surface area contributed by atoms with Crippen molar-refractivity contribution >= 4 is 11.3 Å². The Hall–Kier alpha value is -2.43. The average Bonchev–Trinajstić information content (AvgIpc) is 3.00. The lowest BCUT2D eigenvalue weighted by molar-refractivity contribution is 0.845. The van der Waals surface area contributed by atoms with Crippen LogP contribution in [-0.4, -0.2) is 26.4 Å². The third-order valence-electron chi connectivity index (χ3n) is 3.99.